The van der Waals surface area contributed by atoms with Crippen LogP contribution in [0.4, 0.5) is 5.69 Å². The second kappa shape index (κ2) is 8.31. The number of carbonyl (C=O) groups excluding carboxylic acids is 2. The van der Waals surface area contributed by atoms with Gasteiger partial charge in [-0.25, -0.2) is 0 Å². The lowest BCUT2D eigenvalue weighted by Gasteiger charge is -2.25. The zero-order chi connectivity index (χ0) is 18.6. The summed E-state index contributed by atoms with van der Waals surface area (Å²) in [6.45, 7) is 3.12. The maximum atomic E-state index is 12.0. The molecule has 0 saturated heterocycles. The van der Waals surface area contributed by atoms with Crippen LogP contribution in [0.3, 0.4) is 0 Å². The zero-order valence-electron chi connectivity index (χ0n) is 14.2. The van der Waals surface area contributed by atoms with Crippen LogP contribution in [0.2, 0.25) is 5.02 Å². The smallest absolute Gasteiger partial charge is 0.320 e. The highest BCUT2D eigenvalue weighted by atomic mass is 35.5. The Hall–Kier alpha value is -2.12. The van der Waals surface area contributed by atoms with Crippen LogP contribution in [0.25, 0.3) is 0 Å². The number of nitrogens with zero attached hydrogens (tertiary/aromatic N) is 1. The monoisotopic (exact) mass is 367 g/mol. The van der Waals surface area contributed by atoms with Gasteiger partial charge in [-0.2, -0.15) is 0 Å². The molecule has 1 unspecified atom stereocenters. The number of rotatable bonds is 8. The summed E-state index contributed by atoms with van der Waals surface area (Å²) in [6.07, 6.45) is 1.78. The Morgan fingerprint density at radius 2 is 2.00 bits per heavy atom. The number of hydrogen-bond acceptors (Lipinski definition) is 4. The van der Waals surface area contributed by atoms with Crippen LogP contribution in [-0.4, -0.2) is 53.0 Å². The minimum atomic E-state index is -0.964. The Morgan fingerprint density at radius 3 is 2.60 bits per heavy atom. The number of anilines is 1. The van der Waals surface area contributed by atoms with Gasteiger partial charge >= 0.3 is 5.97 Å². The van der Waals surface area contributed by atoms with Crippen molar-refractivity contribution in [2.45, 2.75) is 38.8 Å². The molecule has 0 bridgehead atoms. The predicted molar refractivity (Wildman–Crippen MR) is 94.7 cm³/mol. The largest absolute Gasteiger partial charge is 0.480 e. The van der Waals surface area contributed by atoms with Crippen LogP contribution in [0.1, 0.15) is 25.3 Å². The standard InChI is InChI=1S/C17H22ClN3O4/c1-10-13(18)4-3-5-14(10)20-15(22)8-19-16(23)9-21(12-6-7-12)11(2)17(24)25/h3-5,11-12H,6-9H2,1-2H3,(H,19,23)(H,20,22)(H,24,25). The molecule has 25 heavy (non-hydrogen) atoms. The van der Waals surface area contributed by atoms with E-state index in [-0.39, 0.29) is 30.9 Å². The molecule has 1 aromatic rings. The van der Waals surface area contributed by atoms with Crippen molar-refractivity contribution in [2.24, 2.45) is 0 Å². The summed E-state index contributed by atoms with van der Waals surface area (Å²) in [6, 6.07) is 4.57. The molecule has 1 aliphatic carbocycles. The van der Waals surface area contributed by atoms with Crippen molar-refractivity contribution >= 4 is 35.1 Å². The topological polar surface area (TPSA) is 98.7 Å². The highest BCUT2D eigenvalue weighted by Crippen LogP contribution is 2.28. The minimum Gasteiger partial charge on any atom is -0.480 e. The molecular formula is C17H22ClN3O4. The van der Waals surface area contributed by atoms with Gasteiger partial charge in [-0.3, -0.25) is 19.3 Å². The maximum Gasteiger partial charge on any atom is 0.320 e. The fourth-order valence-corrected chi connectivity index (χ4v) is 2.64. The Bertz CT molecular complexity index is 676. The molecule has 2 rings (SSSR count). The summed E-state index contributed by atoms with van der Waals surface area (Å²) >= 11 is 6.00. The number of aliphatic carboxylic acids is 1. The first-order valence-corrected chi connectivity index (χ1v) is 8.47. The van der Waals surface area contributed by atoms with E-state index in [0.29, 0.717) is 10.7 Å². The molecule has 136 valence electrons. The lowest BCUT2D eigenvalue weighted by atomic mass is 10.2. The molecular weight excluding hydrogens is 346 g/mol. The number of amides is 2. The fourth-order valence-electron chi connectivity index (χ4n) is 2.47. The van der Waals surface area contributed by atoms with Crippen LogP contribution in [0.15, 0.2) is 18.2 Å². The molecule has 1 saturated carbocycles. The zero-order valence-corrected chi connectivity index (χ0v) is 15.0. The van der Waals surface area contributed by atoms with Crippen molar-refractivity contribution in [1.82, 2.24) is 10.2 Å². The molecule has 0 aliphatic heterocycles. The second-order valence-electron chi connectivity index (χ2n) is 6.16. The van der Waals surface area contributed by atoms with Crippen LogP contribution >= 0.6 is 11.6 Å². The number of hydrogen-bond donors (Lipinski definition) is 3. The fraction of sp³-hybridized carbons (Fsp3) is 0.471. The van der Waals surface area contributed by atoms with Gasteiger partial charge < -0.3 is 15.7 Å². The van der Waals surface area contributed by atoms with Gasteiger partial charge in [0.25, 0.3) is 0 Å². The van der Waals surface area contributed by atoms with E-state index < -0.39 is 12.0 Å². The van der Waals surface area contributed by atoms with Crippen molar-refractivity contribution in [3.63, 3.8) is 0 Å². The third-order valence-corrected chi connectivity index (χ3v) is 4.59. The molecule has 1 aliphatic rings. The van der Waals surface area contributed by atoms with Gasteiger partial charge in [-0.1, -0.05) is 17.7 Å². The maximum absolute atomic E-state index is 12.0. The van der Waals surface area contributed by atoms with Crippen molar-refractivity contribution in [1.29, 1.82) is 0 Å². The quantitative estimate of drug-likeness (QED) is 0.648. The van der Waals surface area contributed by atoms with E-state index in [1.807, 2.05) is 0 Å². The summed E-state index contributed by atoms with van der Waals surface area (Å²) in [5, 5.41) is 14.9. The van der Waals surface area contributed by atoms with E-state index in [0.717, 1.165) is 18.4 Å². The summed E-state index contributed by atoms with van der Waals surface area (Å²) in [7, 11) is 0. The molecule has 0 heterocycles. The van der Waals surface area contributed by atoms with Gasteiger partial charge in [0.15, 0.2) is 0 Å². The highest BCUT2D eigenvalue weighted by molar-refractivity contribution is 6.31. The summed E-state index contributed by atoms with van der Waals surface area (Å²) in [4.78, 5) is 36.8. The predicted octanol–water partition coefficient (Wildman–Crippen LogP) is 1.64. The molecule has 3 N–H and O–H groups in total. The Morgan fingerprint density at radius 1 is 1.32 bits per heavy atom. The number of carboxylic acid groups (broad SMARTS) is 1. The van der Waals surface area contributed by atoms with Gasteiger partial charge in [0, 0.05) is 16.8 Å². The van der Waals surface area contributed by atoms with Gasteiger partial charge in [0.1, 0.15) is 6.04 Å². The third-order valence-electron chi connectivity index (χ3n) is 4.18. The molecule has 7 nitrogen and oxygen atoms in total. The molecule has 0 aromatic heterocycles. The van der Waals surface area contributed by atoms with Crippen LogP contribution in [-0.2, 0) is 14.4 Å². The third kappa shape index (κ3) is 5.44. The highest BCUT2D eigenvalue weighted by Gasteiger charge is 2.36. The summed E-state index contributed by atoms with van der Waals surface area (Å²) in [5.74, 6) is -1.71. The minimum absolute atomic E-state index is 0.0401. The van der Waals surface area contributed by atoms with Gasteiger partial charge in [-0.15, -0.1) is 0 Å². The number of halogens is 1. The van der Waals surface area contributed by atoms with Gasteiger partial charge in [0.05, 0.1) is 13.1 Å². The number of carbonyl (C=O) groups is 3. The van der Waals surface area contributed by atoms with Crippen LogP contribution < -0.4 is 10.6 Å². The lowest BCUT2D eigenvalue weighted by molar-refractivity contribution is -0.143. The van der Waals surface area contributed by atoms with E-state index >= 15 is 0 Å². The van der Waals surface area contributed by atoms with E-state index in [4.69, 9.17) is 16.7 Å². The molecule has 1 aromatic carbocycles. The molecule has 2 amide bonds. The molecule has 1 atom stereocenters. The van der Waals surface area contributed by atoms with E-state index in [1.165, 1.54) is 0 Å². The van der Waals surface area contributed by atoms with E-state index in [1.54, 1.807) is 36.9 Å². The van der Waals surface area contributed by atoms with Crippen LogP contribution in [0, 0.1) is 6.92 Å². The molecule has 8 heteroatoms. The van der Waals surface area contributed by atoms with Crippen LogP contribution in [0.5, 0.6) is 0 Å². The first kappa shape index (κ1) is 19.2. The van der Waals surface area contributed by atoms with E-state index in [2.05, 4.69) is 10.6 Å². The average molecular weight is 368 g/mol. The summed E-state index contributed by atoms with van der Waals surface area (Å²) in [5.41, 5.74) is 1.34. The van der Waals surface area contributed by atoms with Crippen molar-refractivity contribution in [3.05, 3.63) is 28.8 Å². The SMILES string of the molecule is Cc1c(Cl)cccc1NC(=O)CNC(=O)CN(C1CC1)C(C)C(=O)O. The van der Waals surface area contributed by atoms with Gasteiger partial charge in [-0.05, 0) is 44.4 Å². The lowest BCUT2D eigenvalue weighted by Crippen LogP contribution is -2.47. The normalized spacial score (nSPS) is 14.9. The molecule has 1 fully saturated rings. The molecule has 0 spiro atoms. The molecule has 0 radical (unpaired) electrons. The first-order chi connectivity index (χ1) is 11.8. The Labute approximate surface area is 151 Å². The van der Waals surface area contributed by atoms with Crippen molar-refractivity contribution in [3.8, 4) is 0 Å². The Kier molecular flexibility index (Phi) is 6.39. The Balaban J connectivity index is 1.83. The van der Waals surface area contributed by atoms with Gasteiger partial charge in [0.2, 0.25) is 11.8 Å². The number of carboxylic acids is 1. The average Bonchev–Trinajstić information content (AvgIpc) is 3.39. The second-order valence-corrected chi connectivity index (χ2v) is 6.56. The number of nitrogens with one attached hydrogen (secondary N) is 2. The van der Waals surface area contributed by atoms with E-state index in [9.17, 15) is 14.4 Å². The number of benzene rings is 1. The van der Waals surface area contributed by atoms with Crippen molar-refractivity contribution < 1.29 is 19.5 Å². The first-order valence-electron chi connectivity index (χ1n) is 8.09. The summed E-state index contributed by atoms with van der Waals surface area (Å²) < 4.78 is 0. The van der Waals surface area contributed by atoms with Crippen molar-refractivity contribution in [2.75, 3.05) is 18.4 Å².